The lowest BCUT2D eigenvalue weighted by Crippen LogP contribution is -2.31. The lowest BCUT2D eigenvalue weighted by molar-refractivity contribution is 0.261. The summed E-state index contributed by atoms with van der Waals surface area (Å²) in [6, 6.07) is 14.5. The van der Waals surface area contributed by atoms with Crippen molar-refractivity contribution in [3.05, 3.63) is 71.3 Å². The van der Waals surface area contributed by atoms with Crippen molar-refractivity contribution in [1.82, 2.24) is 9.55 Å². The molecule has 0 radical (unpaired) electrons. The Labute approximate surface area is 202 Å². The molecular weight excluding hydrogens is 458 g/mol. The molecule has 1 unspecified atom stereocenters. The van der Waals surface area contributed by atoms with Gasteiger partial charge in [0.25, 0.3) is 0 Å². The minimum Gasteiger partial charge on any atom is -0.478 e. The van der Waals surface area contributed by atoms with E-state index in [9.17, 15) is 0 Å². The standard InChI is InChI=1S/C23H23N5O3S2/c1-2-29-20-10-4-14-11-18(15-3-9-19(25)28(12-15)13-24)22(31-21(14)27-20)26-16-5-7-17(8-6-16)30-23(32)33/h3-13,22-26,32-33H,2H2,1H3. The Balaban J connectivity index is 1.70. The molecule has 1 aromatic carbocycles. The molecular formula is C23H23N5O3S2. The smallest absolute Gasteiger partial charge is 0.226 e. The van der Waals surface area contributed by atoms with Gasteiger partial charge in [-0.1, -0.05) is 0 Å². The molecule has 0 bridgehead atoms. The molecule has 8 nitrogen and oxygen atoms in total. The Morgan fingerprint density at radius 3 is 2.67 bits per heavy atom. The van der Waals surface area contributed by atoms with Crippen LogP contribution in [-0.2, 0) is 0 Å². The van der Waals surface area contributed by atoms with E-state index in [1.54, 1.807) is 18.3 Å². The molecule has 3 heterocycles. The zero-order valence-corrected chi connectivity index (χ0v) is 19.5. The first-order chi connectivity index (χ1) is 16.0. The molecule has 1 aliphatic heterocycles. The summed E-state index contributed by atoms with van der Waals surface area (Å²) < 4.78 is 18.1. The van der Waals surface area contributed by atoms with Gasteiger partial charge in [0.05, 0.1) is 12.9 Å². The third-order valence-electron chi connectivity index (χ3n) is 4.82. The lowest BCUT2D eigenvalue weighted by atomic mass is 10.0. The van der Waals surface area contributed by atoms with Crippen LogP contribution in [0.1, 0.15) is 18.1 Å². The molecule has 0 fully saturated rings. The highest BCUT2D eigenvalue weighted by Crippen LogP contribution is 2.35. The molecule has 1 aliphatic rings. The first-order valence-corrected chi connectivity index (χ1v) is 11.2. The van der Waals surface area contributed by atoms with Crippen molar-refractivity contribution in [2.75, 3.05) is 11.9 Å². The van der Waals surface area contributed by atoms with Crippen molar-refractivity contribution in [3.63, 3.8) is 0 Å². The van der Waals surface area contributed by atoms with Gasteiger partial charge in [0.1, 0.15) is 11.2 Å². The first-order valence-electron chi connectivity index (χ1n) is 10.2. The van der Waals surface area contributed by atoms with Gasteiger partial charge in [0.15, 0.2) is 11.0 Å². The normalized spacial score (nSPS) is 14.7. The molecule has 10 heteroatoms. The number of nitrogens with one attached hydrogen (secondary N) is 3. The molecule has 1 atom stereocenters. The topological polar surface area (TPSA) is 105 Å². The highest BCUT2D eigenvalue weighted by Gasteiger charge is 2.26. The van der Waals surface area contributed by atoms with Gasteiger partial charge in [-0.3, -0.25) is 15.4 Å². The molecule has 0 saturated carbocycles. The average Bonchev–Trinajstić information content (AvgIpc) is 2.80. The number of hydrogen-bond acceptors (Lipinski definition) is 9. The van der Waals surface area contributed by atoms with Crippen molar-refractivity contribution in [1.29, 1.82) is 10.8 Å². The van der Waals surface area contributed by atoms with Crippen molar-refractivity contribution < 1.29 is 14.2 Å². The zero-order valence-electron chi connectivity index (χ0n) is 17.7. The van der Waals surface area contributed by atoms with Crippen LogP contribution >= 0.6 is 25.3 Å². The zero-order chi connectivity index (χ0) is 23.4. The predicted molar refractivity (Wildman–Crippen MR) is 135 cm³/mol. The summed E-state index contributed by atoms with van der Waals surface area (Å²) in [7, 11) is 0. The third-order valence-corrected chi connectivity index (χ3v) is 5.03. The fraction of sp³-hybridized carbons (Fsp3) is 0.174. The monoisotopic (exact) mass is 481 g/mol. The van der Waals surface area contributed by atoms with Crippen molar-refractivity contribution in [2.45, 2.75) is 17.9 Å². The Hall–Kier alpha value is -3.37. The molecule has 0 spiro atoms. The van der Waals surface area contributed by atoms with E-state index in [0.717, 1.165) is 28.7 Å². The van der Waals surface area contributed by atoms with Gasteiger partial charge in [0, 0.05) is 34.7 Å². The van der Waals surface area contributed by atoms with E-state index in [-0.39, 0.29) is 5.49 Å². The number of hydrogen-bond donors (Lipinski definition) is 5. The Kier molecular flexibility index (Phi) is 6.95. The fourth-order valence-electron chi connectivity index (χ4n) is 3.32. The van der Waals surface area contributed by atoms with Crippen LogP contribution in [-0.4, -0.2) is 33.5 Å². The van der Waals surface area contributed by atoms with E-state index in [1.807, 2.05) is 49.4 Å². The van der Waals surface area contributed by atoms with Crippen LogP contribution in [0.3, 0.4) is 0 Å². The Bertz CT molecular complexity index is 1240. The van der Waals surface area contributed by atoms with Crippen LogP contribution in [0.4, 0.5) is 5.69 Å². The number of pyridine rings is 2. The summed E-state index contributed by atoms with van der Waals surface area (Å²) in [5, 5.41) is 18.9. The van der Waals surface area contributed by atoms with E-state index in [4.69, 9.17) is 25.0 Å². The maximum atomic E-state index is 7.96. The maximum absolute atomic E-state index is 7.96. The number of fused-ring (bicyclic) bond motifs is 1. The second-order valence-corrected chi connectivity index (χ2v) is 8.37. The van der Waals surface area contributed by atoms with Gasteiger partial charge >= 0.3 is 0 Å². The molecule has 0 saturated heterocycles. The Morgan fingerprint density at radius 1 is 1.18 bits per heavy atom. The summed E-state index contributed by atoms with van der Waals surface area (Å²) >= 11 is 8.23. The highest BCUT2D eigenvalue weighted by atomic mass is 32.2. The van der Waals surface area contributed by atoms with Crippen molar-refractivity contribution in [3.8, 4) is 17.5 Å². The Morgan fingerprint density at radius 2 is 1.97 bits per heavy atom. The van der Waals surface area contributed by atoms with Crippen molar-refractivity contribution >= 4 is 48.9 Å². The largest absolute Gasteiger partial charge is 0.478 e. The summed E-state index contributed by atoms with van der Waals surface area (Å²) in [5.41, 5.74) is 3.45. The van der Waals surface area contributed by atoms with Gasteiger partial charge < -0.3 is 19.5 Å². The molecule has 4 rings (SSSR count). The van der Waals surface area contributed by atoms with E-state index in [1.165, 1.54) is 4.57 Å². The summed E-state index contributed by atoms with van der Waals surface area (Å²) in [4.78, 5) is 4.48. The van der Waals surface area contributed by atoms with E-state index < -0.39 is 11.0 Å². The quantitative estimate of drug-likeness (QED) is 0.144. The van der Waals surface area contributed by atoms with Gasteiger partial charge in [-0.2, -0.15) is 4.98 Å². The number of aromatic nitrogens is 2. The van der Waals surface area contributed by atoms with Gasteiger partial charge in [-0.15, -0.1) is 25.3 Å². The minimum absolute atomic E-state index is 0.210. The van der Waals surface area contributed by atoms with Gasteiger partial charge in [-0.05, 0) is 55.5 Å². The van der Waals surface area contributed by atoms with E-state index in [0.29, 0.717) is 24.1 Å². The number of benzene rings is 1. The molecule has 2 aromatic heterocycles. The molecule has 3 aromatic rings. The number of nitrogens with zero attached hydrogens (tertiary/aromatic N) is 2. The lowest BCUT2D eigenvalue weighted by Gasteiger charge is -2.28. The van der Waals surface area contributed by atoms with Gasteiger partial charge in [0.2, 0.25) is 11.8 Å². The van der Waals surface area contributed by atoms with Gasteiger partial charge in [-0.25, -0.2) is 0 Å². The maximum Gasteiger partial charge on any atom is 0.226 e. The van der Waals surface area contributed by atoms with Crippen LogP contribution in [0.15, 0.2) is 54.7 Å². The van der Waals surface area contributed by atoms with Crippen LogP contribution < -0.4 is 25.0 Å². The molecule has 3 N–H and O–H groups in total. The van der Waals surface area contributed by atoms with Crippen molar-refractivity contribution in [2.24, 2.45) is 0 Å². The SMILES string of the molecule is CCOc1ccc2c(n1)OC(Nc1ccc(OC(S)S)cc1)C(c1ccc(=N)n(C=N)c1)=C2. The van der Waals surface area contributed by atoms with Crippen LogP contribution in [0, 0.1) is 10.8 Å². The average molecular weight is 482 g/mol. The fourth-order valence-corrected chi connectivity index (χ4v) is 3.57. The van der Waals surface area contributed by atoms with E-state index in [2.05, 4.69) is 35.6 Å². The first kappa shape index (κ1) is 22.8. The highest BCUT2D eigenvalue weighted by molar-refractivity contribution is 7.98. The number of thiol groups is 2. The van der Waals surface area contributed by atoms with Crippen LogP contribution in [0.5, 0.6) is 17.5 Å². The second-order valence-electron chi connectivity index (χ2n) is 7.03. The third kappa shape index (κ3) is 5.35. The second kappa shape index (κ2) is 10.1. The summed E-state index contributed by atoms with van der Waals surface area (Å²) in [5.74, 6) is 1.58. The summed E-state index contributed by atoms with van der Waals surface area (Å²) in [6.45, 7) is 2.40. The number of ether oxygens (including phenoxy) is 3. The van der Waals surface area contributed by atoms with E-state index >= 15 is 0 Å². The minimum atomic E-state index is -0.577. The molecule has 0 amide bonds. The molecule has 170 valence electrons. The molecule has 33 heavy (non-hydrogen) atoms. The predicted octanol–water partition coefficient (Wildman–Crippen LogP) is 4.11. The summed E-state index contributed by atoms with van der Waals surface area (Å²) in [6.07, 6.45) is 4.22. The number of rotatable bonds is 8. The molecule has 0 aliphatic carbocycles. The van der Waals surface area contributed by atoms with Crippen LogP contribution in [0.25, 0.3) is 11.6 Å². The van der Waals surface area contributed by atoms with Crippen LogP contribution in [0.2, 0.25) is 0 Å². The number of anilines is 1.